The van der Waals surface area contributed by atoms with Crippen molar-refractivity contribution >= 4 is 11.6 Å². The zero-order chi connectivity index (χ0) is 14.3. The number of amides is 1. The zero-order valence-corrected chi connectivity index (χ0v) is 11.9. The first-order chi connectivity index (χ1) is 9.50. The maximum Gasteiger partial charge on any atom is 0.276 e. The highest BCUT2D eigenvalue weighted by atomic mass is 16.3. The number of nitrogen functional groups attached to an aromatic ring is 1. The second kappa shape index (κ2) is 4.77. The molecule has 1 aromatic heterocycles. The van der Waals surface area contributed by atoms with Crippen LogP contribution in [0.4, 0.5) is 5.69 Å². The van der Waals surface area contributed by atoms with Crippen LogP contribution >= 0.6 is 0 Å². The molecule has 20 heavy (non-hydrogen) atoms. The Labute approximate surface area is 118 Å². The van der Waals surface area contributed by atoms with Gasteiger partial charge in [0.15, 0.2) is 5.69 Å². The smallest absolute Gasteiger partial charge is 0.276 e. The van der Waals surface area contributed by atoms with Crippen LogP contribution in [0.15, 0.2) is 0 Å². The van der Waals surface area contributed by atoms with Gasteiger partial charge < -0.3 is 15.7 Å². The van der Waals surface area contributed by atoms with Crippen LogP contribution in [0.2, 0.25) is 0 Å². The molecule has 0 bridgehead atoms. The molecule has 0 radical (unpaired) electrons. The van der Waals surface area contributed by atoms with Gasteiger partial charge in [-0.3, -0.25) is 9.89 Å². The van der Waals surface area contributed by atoms with Crippen LogP contribution in [0.5, 0.6) is 0 Å². The van der Waals surface area contributed by atoms with Crippen molar-refractivity contribution < 1.29 is 9.90 Å². The number of hydrogen-bond donors (Lipinski definition) is 3. The Hall–Kier alpha value is -1.56. The third-order valence-corrected chi connectivity index (χ3v) is 4.43. The average Bonchev–Trinajstić information content (AvgIpc) is 3.05. The molecule has 6 heteroatoms. The molecular weight excluding hydrogens is 256 g/mol. The number of aromatic amines is 1. The second-order valence-electron chi connectivity index (χ2n) is 6.27. The van der Waals surface area contributed by atoms with Gasteiger partial charge in [-0.2, -0.15) is 5.10 Å². The van der Waals surface area contributed by atoms with Crippen LogP contribution in [0.1, 0.15) is 60.6 Å². The summed E-state index contributed by atoms with van der Waals surface area (Å²) < 4.78 is 0. The number of nitrogens with one attached hydrogen (secondary N) is 1. The lowest BCUT2D eigenvalue weighted by molar-refractivity contribution is 0.0155. The van der Waals surface area contributed by atoms with Gasteiger partial charge in [-0.25, -0.2) is 0 Å². The molecule has 0 aliphatic heterocycles. The maximum atomic E-state index is 12.4. The van der Waals surface area contributed by atoms with E-state index in [0.29, 0.717) is 18.2 Å². The number of nitrogens with two attached hydrogens (primary N) is 1. The number of carbonyl (C=O) groups is 1. The summed E-state index contributed by atoms with van der Waals surface area (Å²) >= 11 is 0. The topological polar surface area (TPSA) is 95.2 Å². The second-order valence-corrected chi connectivity index (χ2v) is 6.27. The molecule has 0 atom stereocenters. The van der Waals surface area contributed by atoms with E-state index < -0.39 is 5.60 Å². The summed E-state index contributed by atoms with van der Waals surface area (Å²) in [6.07, 6.45) is 5.77. The van der Waals surface area contributed by atoms with E-state index in [4.69, 9.17) is 5.73 Å². The molecule has 2 aliphatic carbocycles. The summed E-state index contributed by atoms with van der Waals surface area (Å²) in [7, 11) is 1.70. The van der Waals surface area contributed by atoms with E-state index >= 15 is 0 Å². The summed E-state index contributed by atoms with van der Waals surface area (Å²) in [5, 5.41) is 17.3. The fraction of sp³-hybridized carbons (Fsp3) is 0.714. The summed E-state index contributed by atoms with van der Waals surface area (Å²) in [6.45, 7) is 0.344. The van der Waals surface area contributed by atoms with Crippen molar-refractivity contribution in [1.29, 1.82) is 0 Å². The van der Waals surface area contributed by atoms with Crippen molar-refractivity contribution in [2.75, 3.05) is 19.3 Å². The highest BCUT2D eigenvalue weighted by Gasteiger charge is 2.35. The molecule has 1 aromatic rings. The number of rotatable bonds is 4. The molecule has 2 aliphatic rings. The van der Waals surface area contributed by atoms with Crippen molar-refractivity contribution in [3.05, 3.63) is 11.4 Å². The van der Waals surface area contributed by atoms with Gasteiger partial charge in [-0.1, -0.05) is 12.8 Å². The molecular formula is C14H22N4O2. The van der Waals surface area contributed by atoms with Crippen LogP contribution in [0.3, 0.4) is 0 Å². The fourth-order valence-electron chi connectivity index (χ4n) is 3.10. The van der Waals surface area contributed by atoms with Gasteiger partial charge in [0.25, 0.3) is 5.91 Å². The van der Waals surface area contributed by atoms with Crippen LogP contribution < -0.4 is 5.73 Å². The number of carbonyl (C=O) groups excluding carboxylic acids is 1. The largest absolute Gasteiger partial charge is 0.395 e. The maximum absolute atomic E-state index is 12.4. The van der Waals surface area contributed by atoms with E-state index in [9.17, 15) is 9.90 Å². The molecule has 1 amide bonds. The summed E-state index contributed by atoms with van der Waals surface area (Å²) in [5.41, 5.74) is 6.93. The Morgan fingerprint density at radius 3 is 2.75 bits per heavy atom. The molecule has 2 fully saturated rings. The number of hydrogen-bond acceptors (Lipinski definition) is 4. The zero-order valence-electron chi connectivity index (χ0n) is 11.9. The summed E-state index contributed by atoms with van der Waals surface area (Å²) in [6, 6.07) is 0. The number of aliphatic hydroxyl groups is 1. The number of nitrogens with zero attached hydrogens (tertiary/aromatic N) is 2. The van der Waals surface area contributed by atoms with Gasteiger partial charge in [0, 0.05) is 19.5 Å². The Kier molecular flexibility index (Phi) is 3.20. The molecule has 2 saturated carbocycles. The standard InChI is InChI=1S/C14H22N4O2/c1-18(8-14(20)6-2-3-7-14)13(19)12-10(15)11(16-17-12)9-4-5-9/h9,20H,2-8,15H2,1H3,(H,16,17). The lowest BCUT2D eigenvalue weighted by Gasteiger charge is -2.28. The third kappa shape index (κ3) is 2.40. The average molecular weight is 278 g/mol. The first-order valence-electron chi connectivity index (χ1n) is 7.32. The number of H-pyrrole nitrogens is 1. The van der Waals surface area contributed by atoms with Gasteiger partial charge in [0.1, 0.15) is 0 Å². The predicted molar refractivity (Wildman–Crippen MR) is 75.4 cm³/mol. The van der Waals surface area contributed by atoms with E-state index in [1.807, 2.05) is 0 Å². The molecule has 6 nitrogen and oxygen atoms in total. The molecule has 3 rings (SSSR count). The third-order valence-electron chi connectivity index (χ3n) is 4.43. The molecule has 0 aromatic carbocycles. The first kappa shape index (κ1) is 13.4. The van der Waals surface area contributed by atoms with Gasteiger partial charge in [0.2, 0.25) is 0 Å². The van der Waals surface area contributed by atoms with E-state index in [1.165, 1.54) is 4.90 Å². The summed E-state index contributed by atoms with van der Waals surface area (Å²) in [4.78, 5) is 13.9. The minimum atomic E-state index is -0.741. The van der Waals surface area contributed by atoms with Crippen molar-refractivity contribution in [3.63, 3.8) is 0 Å². The normalized spacial score (nSPS) is 21.1. The number of aromatic nitrogens is 2. The Morgan fingerprint density at radius 2 is 2.15 bits per heavy atom. The van der Waals surface area contributed by atoms with E-state index in [-0.39, 0.29) is 11.6 Å². The van der Waals surface area contributed by atoms with Crippen molar-refractivity contribution in [2.45, 2.75) is 50.0 Å². The van der Waals surface area contributed by atoms with Crippen LogP contribution in [0, 0.1) is 0 Å². The van der Waals surface area contributed by atoms with Crippen LogP contribution in [-0.4, -0.2) is 45.3 Å². The Bertz CT molecular complexity index is 515. The monoisotopic (exact) mass is 278 g/mol. The van der Waals surface area contributed by atoms with Crippen molar-refractivity contribution in [1.82, 2.24) is 15.1 Å². The summed E-state index contributed by atoms with van der Waals surface area (Å²) in [5.74, 6) is 0.222. The van der Waals surface area contributed by atoms with Gasteiger partial charge >= 0.3 is 0 Å². The molecule has 0 saturated heterocycles. The SMILES string of the molecule is CN(CC1(O)CCCC1)C(=O)c1n[nH]c(C2CC2)c1N. The van der Waals surface area contributed by atoms with E-state index in [2.05, 4.69) is 10.2 Å². The van der Waals surface area contributed by atoms with E-state index in [1.54, 1.807) is 7.05 Å². The highest BCUT2D eigenvalue weighted by Crippen LogP contribution is 2.42. The molecule has 1 heterocycles. The van der Waals surface area contributed by atoms with Gasteiger partial charge in [-0.15, -0.1) is 0 Å². The lowest BCUT2D eigenvalue weighted by Crippen LogP contribution is -2.42. The van der Waals surface area contributed by atoms with E-state index in [0.717, 1.165) is 44.2 Å². The molecule has 0 spiro atoms. The van der Waals surface area contributed by atoms with Gasteiger partial charge in [0.05, 0.1) is 17.0 Å². The quantitative estimate of drug-likeness (QED) is 0.772. The fourth-order valence-corrected chi connectivity index (χ4v) is 3.10. The Morgan fingerprint density at radius 1 is 1.50 bits per heavy atom. The van der Waals surface area contributed by atoms with Gasteiger partial charge in [-0.05, 0) is 25.7 Å². The Balaban J connectivity index is 1.71. The molecule has 110 valence electrons. The highest BCUT2D eigenvalue weighted by molar-refractivity contribution is 5.97. The predicted octanol–water partition coefficient (Wildman–Crippen LogP) is 1.25. The lowest BCUT2D eigenvalue weighted by atomic mass is 10.0. The van der Waals surface area contributed by atoms with Crippen molar-refractivity contribution in [3.8, 4) is 0 Å². The molecule has 4 N–H and O–H groups in total. The first-order valence-corrected chi connectivity index (χ1v) is 7.32. The number of likely N-dealkylation sites (N-methyl/N-ethyl adjacent to an activating group) is 1. The minimum absolute atomic E-state index is 0.217. The number of anilines is 1. The minimum Gasteiger partial charge on any atom is -0.395 e. The molecule has 0 unspecified atom stereocenters. The van der Waals surface area contributed by atoms with Crippen molar-refractivity contribution in [2.24, 2.45) is 0 Å². The van der Waals surface area contributed by atoms with Crippen LogP contribution in [-0.2, 0) is 0 Å². The van der Waals surface area contributed by atoms with Crippen LogP contribution in [0.25, 0.3) is 0 Å².